The van der Waals surface area contributed by atoms with Crippen LogP contribution in [0.3, 0.4) is 0 Å². The van der Waals surface area contributed by atoms with Crippen LogP contribution in [0.25, 0.3) is 0 Å². The van der Waals surface area contributed by atoms with Gasteiger partial charge in [0.2, 0.25) is 11.7 Å². The zero-order chi connectivity index (χ0) is 14.5. The van der Waals surface area contributed by atoms with Gasteiger partial charge >= 0.3 is 0 Å². The molecule has 1 rings (SSSR count). The van der Waals surface area contributed by atoms with Gasteiger partial charge in [-0.05, 0) is 19.8 Å². The van der Waals surface area contributed by atoms with Crippen molar-refractivity contribution in [2.24, 2.45) is 0 Å². The van der Waals surface area contributed by atoms with Crippen molar-refractivity contribution in [3.05, 3.63) is 11.7 Å². The van der Waals surface area contributed by atoms with Crippen LogP contribution in [-0.2, 0) is 16.8 Å². The van der Waals surface area contributed by atoms with Crippen LogP contribution in [-0.4, -0.2) is 34.4 Å². The third-order valence-electron chi connectivity index (χ3n) is 3.11. The molecule has 0 radical (unpaired) electrons. The first kappa shape index (κ1) is 16.0. The molecule has 1 aromatic rings. The molecule has 0 saturated carbocycles. The zero-order valence-corrected chi connectivity index (χ0v) is 11.4. The fourth-order valence-electron chi connectivity index (χ4n) is 1.90. The molecule has 0 bridgehead atoms. The molecule has 7 heteroatoms. The molecule has 0 amide bonds. The minimum Gasteiger partial charge on any atom is -0.387 e. The Labute approximate surface area is 111 Å². The van der Waals surface area contributed by atoms with Gasteiger partial charge in [0.15, 0.2) is 0 Å². The second-order valence-corrected chi connectivity index (χ2v) is 4.25. The van der Waals surface area contributed by atoms with E-state index in [2.05, 4.69) is 10.1 Å². The summed E-state index contributed by atoms with van der Waals surface area (Å²) in [6, 6.07) is 0. The van der Waals surface area contributed by atoms with Crippen molar-refractivity contribution in [1.29, 1.82) is 0 Å². The number of hydrogen-bond acceptors (Lipinski definition) is 5. The van der Waals surface area contributed by atoms with Gasteiger partial charge in [-0.1, -0.05) is 19.0 Å². The number of aromatic nitrogens is 2. The summed E-state index contributed by atoms with van der Waals surface area (Å²) in [6.45, 7) is 6.22. The molecule has 0 aromatic carbocycles. The van der Waals surface area contributed by atoms with Crippen LogP contribution in [0.5, 0.6) is 0 Å². The lowest BCUT2D eigenvalue weighted by Crippen LogP contribution is -2.30. The molecule has 0 fully saturated rings. The molecule has 1 aromatic heterocycles. The molecule has 0 aliphatic carbocycles. The number of halogens is 2. The average Bonchev–Trinajstić information content (AvgIpc) is 2.85. The predicted molar refractivity (Wildman–Crippen MR) is 63.9 cm³/mol. The van der Waals surface area contributed by atoms with E-state index in [4.69, 9.17) is 14.4 Å². The monoisotopic (exact) mass is 278 g/mol. The van der Waals surface area contributed by atoms with E-state index in [-0.39, 0.29) is 12.3 Å². The minimum absolute atomic E-state index is 0.00576. The summed E-state index contributed by atoms with van der Waals surface area (Å²) in [5.41, 5.74) is -0.660. The maximum Gasteiger partial charge on any atom is 0.264 e. The summed E-state index contributed by atoms with van der Waals surface area (Å²) < 4.78 is 35.1. The van der Waals surface area contributed by atoms with Gasteiger partial charge in [-0.25, -0.2) is 8.78 Å². The second-order valence-electron chi connectivity index (χ2n) is 4.25. The van der Waals surface area contributed by atoms with Crippen molar-refractivity contribution in [1.82, 2.24) is 10.1 Å². The van der Waals surface area contributed by atoms with Crippen LogP contribution in [0.15, 0.2) is 4.52 Å². The highest BCUT2D eigenvalue weighted by Gasteiger charge is 2.35. The maximum atomic E-state index is 12.2. The van der Waals surface area contributed by atoms with Crippen molar-refractivity contribution in [3.8, 4) is 0 Å². The molecule has 1 atom stereocenters. The van der Waals surface area contributed by atoms with E-state index in [1.54, 1.807) is 0 Å². The Morgan fingerprint density at radius 3 is 2.42 bits per heavy atom. The molecular formula is C12H20F2N2O3. The number of rotatable bonds is 8. The van der Waals surface area contributed by atoms with Crippen molar-refractivity contribution < 1.29 is 23.1 Å². The summed E-state index contributed by atoms with van der Waals surface area (Å²) in [5.74, 6) is 0.338. The van der Waals surface area contributed by atoms with Gasteiger partial charge in [-0.3, -0.25) is 0 Å². The number of nitrogens with zero attached hydrogens (tertiary/aromatic N) is 2. The highest BCUT2D eigenvalue weighted by molar-refractivity contribution is 5.01. The van der Waals surface area contributed by atoms with Crippen LogP contribution in [0.4, 0.5) is 8.78 Å². The molecule has 0 aliphatic rings. The molecule has 19 heavy (non-hydrogen) atoms. The molecule has 0 saturated heterocycles. The van der Waals surface area contributed by atoms with Gasteiger partial charge in [0.1, 0.15) is 11.7 Å². The van der Waals surface area contributed by atoms with Gasteiger partial charge < -0.3 is 14.4 Å². The predicted octanol–water partition coefficient (Wildman–Crippen LogP) is 2.29. The Kier molecular flexibility index (Phi) is 5.81. The number of aliphatic hydroxyl groups excluding tert-OH is 1. The van der Waals surface area contributed by atoms with Crippen molar-refractivity contribution in [2.75, 3.05) is 6.61 Å². The van der Waals surface area contributed by atoms with Gasteiger partial charge in [0.05, 0.1) is 6.42 Å². The number of aliphatic hydroxyl groups is 1. The largest absolute Gasteiger partial charge is 0.387 e. The molecule has 1 unspecified atom stereocenters. The Morgan fingerprint density at radius 2 is 1.95 bits per heavy atom. The standard InChI is InChI=1S/C12H20F2N2O3/c1-4-12(5-2,18-6-3)11-15-9(19-16-11)7-8(17)10(13)14/h8,10,17H,4-7H2,1-3H3. The van der Waals surface area contributed by atoms with E-state index < -0.39 is 18.1 Å². The number of alkyl halides is 2. The molecular weight excluding hydrogens is 258 g/mol. The van der Waals surface area contributed by atoms with Crippen LogP contribution in [0, 0.1) is 0 Å². The van der Waals surface area contributed by atoms with Gasteiger partial charge in [0.25, 0.3) is 6.43 Å². The highest BCUT2D eigenvalue weighted by Crippen LogP contribution is 2.31. The summed E-state index contributed by atoms with van der Waals surface area (Å²) in [5, 5.41) is 12.9. The lowest BCUT2D eigenvalue weighted by Gasteiger charge is -2.27. The van der Waals surface area contributed by atoms with Gasteiger partial charge in [-0.2, -0.15) is 4.98 Å². The first-order valence-corrected chi connectivity index (χ1v) is 6.42. The minimum atomic E-state index is -2.83. The van der Waals surface area contributed by atoms with Gasteiger partial charge in [0, 0.05) is 6.61 Å². The summed E-state index contributed by atoms with van der Waals surface area (Å²) >= 11 is 0. The van der Waals surface area contributed by atoms with E-state index in [1.807, 2.05) is 20.8 Å². The fourth-order valence-corrected chi connectivity index (χ4v) is 1.90. The van der Waals surface area contributed by atoms with Crippen LogP contribution >= 0.6 is 0 Å². The van der Waals surface area contributed by atoms with E-state index >= 15 is 0 Å². The average molecular weight is 278 g/mol. The molecule has 0 aliphatic heterocycles. The Balaban J connectivity index is 2.87. The van der Waals surface area contributed by atoms with Crippen LogP contribution in [0.1, 0.15) is 45.3 Å². The fraction of sp³-hybridized carbons (Fsp3) is 0.833. The third-order valence-corrected chi connectivity index (χ3v) is 3.11. The van der Waals surface area contributed by atoms with E-state index in [9.17, 15) is 8.78 Å². The van der Waals surface area contributed by atoms with E-state index in [0.717, 1.165) is 0 Å². The van der Waals surface area contributed by atoms with Crippen molar-refractivity contribution in [3.63, 3.8) is 0 Å². The Bertz CT molecular complexity index is 381. The smallest absolute Gasteiger partial charge is 0.264 e. The topological polar surface area (TPSA) is 68.4 Å². The quantitative estimate of drug-likeness (QED) is 0.790. The Morgan fingerprint density at radius 1 is 1.32 bits per heavy atom. The molecule has 0 spiro atoms. The first-order chi connectivity index (χ1) is 8.99. The normalized spacial score (nSPS) is 14.1. The van der Waals surface area contributed by atoms with E-state index in [1.165, 1.54) is 0 Å². The molecule has 1 N–H and O–H groups in total. The maximum absolute atomic E-state index is 12.2. The third kappa shape index (κ3) is 3.70. The van der Waals surface area contributed by atoms with Gasteiger partial charge in [-0.15, -0.1) is 0 Å². The highest BCUT2D eigenvalue weighted by atomic mass is 19.3. The summed E-state index contributed by atoms with van der Waals surface area (Å²) in [6.07, 6.45) is -3.69. The summed E-state index contributed by atoms with van der Waals surface area (Å²) in [7, 11) is 0. The van der Waals surface area contributed by atoms with Crippen molar-refractivity contribution in [2.45, 2.75) is 58.2 Å². The lowest BCUT2D eigenvalue weighted by molar-refractivity contribution is -0.0583. The van der Waals surface area contributed by atoms with E-state index in [0.29, 0.717) is 25.3 Å². The van der Waals surface area contributed by atoms with Crippen molar-refractivity contribution >= 4 is 0 Å². The van der Waals surface area contributed by atoms with Crippen LogP contribution in [0.2, 0.25) is 0 Å². The number of hydrogen-bond donors (Lipinski definition) is 1. The van der Waals surface area contributed by atoms with Crippen LogP contribution < -0.4 is 0 Å². The summed E-state index contributed by atoms with van der Waals surface area (Å²) in [4.78, 5) is 4.07. The lowest BCUT2D eigenvalue weighted by atomic mass is 9.96. The molecule has 110 valence electrons. The molecule has 1 heterocycles. The Hall–Kier alpha value is -1.08. The molecule has 5 nitrogen and oxygen atoms in total. The SMILES string of the molecule is CCOC(CC)(CC)c1noc(CC(O)C(F)F)n1. The zero-order valence-electron chi connectivity index (χ0n) is 11.4. The number of ether oxygens (including phenoxy) is 1. The first-order valence-electron chi connectivity index (χ1n) is 6.42. The second kappa shape index (κ2) is 6.91.